The van der Waals surface area contributed by atoms with E-state index in [-0.39, 0.29) is 25.0 Å². The standard InChI is InChI=1S/C27H38N2O3/c1-2-3-4-5-6-7-8-9-10-11-18-28-24-17-16-23-25-21(24)14-12-15-22(25)26(31)29(27(23)32)19-13-20-30/h12,14-17,28,30H,2-11,13,18-20H2,1H3. The molecule has 1 aliphatic heterocycles. The number of aliphatic hydroxyl groups excluding tert-OH is 1. The Morgan fingerprint density at radius 2 is 1.41 bits per heavy atom. The molecular formula is C27H38N2O3. The summed E-state index contributed by atoms with van der Waals surface area (Å²) < 4.78 is 0. The van der Waals surface area contributed by atoms with Crippen LogP contribution in [0.25, 0.3) is 10.8 Å². The van der Waals surface area contributed by atoms with Crippen molar-refractivity contribution in [3.05, 3.63) is 41.5 Å². The van der Waals surface area contributed by atoms with Crippen LogP contribution in [0.15, 0.2) is 30.3 Å². The first kappa shape index (κ1) is 24.2. The highest BCUT2D eigenvalue weighted by molar-refractivity contribution is 6.26. The molecule has 5 heteroatoms. The van der Waals surface area contributed by atoms with Gasteiger partial charge < -0.3 is 10.4 Å². The van der Waals surface area contributed by atoms with E-state index in [1.807, 2.05) is 24.3 Å². The summed E-state index contributed by atoms with van der Waals surface area (Å²) in [5, 5.41) is 14.3. The maximum atomic E-state index is 12.9. The number of aliphatic hydroxyl groups is 1. The molecule has 5 nitrogen and oxygen atoms in total. The first-order chi connectivity index (χ1) is 15.7. The van der Waals surface area contributed by atoms with Crippen LogP contribution in [0, 0.1) is 0 Å². The molecule has 0 saturated heterocycles. The van der Waals surface area contributed by atoms with E-state index in [1.54, 1.807) is 6.07 Å². The molecule has 0 atom stereocenters. The lowest BCUT2D eigenvalue weighted by Gasteiger charge is -2.27. The Labute approximate surface area is 192 Å². The van der Waals surface area contributed by atoms with E-state index in [2.05, 4.69) is 12.2 Å². The summed E-state index contributed by atoms with van der Waals surface area (Å²) >= 11 is 0. The van der Waals surface area contributed by atoms with Crippen LogP contribution in [-0.2, 0) is 0 Å². The summed E-state index contributed by atoms with van der Waals surface area (Å²) in [5.41, 5.74) is 2.11. The van der Waals surface area contributed by atoms with E-state index in [1.165, 1.54) is 62.7 Å². The van der Waals surface area contributed by atoms with Crippen LogP contribution in [0.3, 0.4) is 0 Å². The number of imide groups is 1. The molecular weight excluding hydrogens is 400 g/mol. The van der Waals surface area contributed by atoms with Crippen LogP contribution in [-0.4, -0.2) is 41.5 Å². The highest BCUT2D eigenvalue weighted by atomic mass is 16.3. The summed E-state index contributed by atoms with van der Waals surface area (Å²) in [5.74, 6) is -0.540. The third-order valence-electron chi connectivity index (χ3n) is 6.38. The second-order valence-electron chi connectivity index (χ2n) is 8.84. The molecule has 2 aromatic carbocycles. The second-order valence-corrected chi connectivity index (χ2v) is 8.84. The van der Waals surface area contributed by atoms with Gasteiger partial charge in [-0.25, -0.2) is 0 Å². The molecule has 32 heavy (non-hydrogen) atoms. The average Bonchev–Trinajstić information content (AvgIpc) is 2.81. The van der Waals surface area contributed by atoms with Gasteiger partial charge in [-0.1, -0.05) is 76.8 Å². The van der Waals surface area contributed by atoms with Gasteiger partial charge in [0.25, 0.3) is 11.8 Å². The monoisotopic (exact) mass is 438 g/mol. The van der Waals surface area contributed by atoms with Crippen molar-refractivity contribution in [1.29, 1.82) is 0 Å². The minimum Gasteiger partial charge on any atom is -0.396 e. The summed E-state index contributed by atoms with van der Waals surface area (Å²) in [7, 11) is 0. The quantitative estimate of drug-likeness (QED) is 0.258. The molecule has 0 spiro atoms. The zero-order chi connectivity index (χ0) is 22.8. The highest BCUT2D eigenvalue weighted by Crippen LogP contribution is 2.34. The highest BCUT2D eigenvalue weighted by Gasteiger charge is 2.32. The van der Waals surface area contributed by atoms with Gasteiger partial charge in [0.2, 0.25) is 0 Å². The Morgan fingerprint density at radius 1 is 0.781 bits per heavy atom. The van der Waals surface area contributed by atoms with Crippen LogP contribution in [0.5, 0.6) is 0 Å². The molecule has 0 saturated carbocycles. The summed E-state index contributed by atoms with van der Waals surface area (Å²) in [6, 6.07) is 9.43. The van der Waals surface area contributed by atoms with E-state index >= 15 is 0 Å². The van der Waals surface area contributed by atoms with Gasteiger partial charge in [0.15, 0.2) is 0 Å². The van der Waals surface area contributed by atoms with Crippen LogP contribution in [0.1, 0.15) is 98.3 Å². The Balaban J connectivity index is 1.53. The fraction of sp³-hybridized carbons (Fsp3) is 0.556. The fourth-order valence-electron chi connectivity index (χ4n) is 4.57. The van der Waals surface area contributed by atoms with Gasteiger partial charge in [-0.15, -0.1) is 0 Å². The minimum absolute atomic E-state index is 0.0457. The molecule has 0 bridgehead atoms. The van der Waals surface area contributed by atoms with Gasteiger partial charge in [-0.3, -0.25) is 14.5 Å². The molecule has 0 aromatic heterocycles. The van der Waals surface area contributed by atoms with Crippen molar-refractivity contribution in [3.8, 4) is 0 Å². The maximum Gasteiger partial charge on any atom is 0.261 e. The number of nitrogens with one attached hydrogen (secondary N) is 1. The lowest BCUT2D eigenvalue weighted by molar-refractivity contribution is 0.0601. The Bertz CT molecular complexity index is 887. The van der Waals surface area contributed by atoms with E-state index in [0.717, 1.165) is 29.4 Å². The van der Waals surface area contributed by atoms with Crippen molar-refractivity contribution in [2.24, 2.45) is 0 Å². The van der Waals surface area contributed by atoms with E-state index in [9.17, 15) is 9.59 Å². The minimum atomic E-state index is -0.270. The third-order valence-corrected chi connectivity index (χ3v) is 6.38. The number of nitrogens with zero attached hydrogens (tertiary/aromatic N) is 1. The Kier molecular flexibility index (Phi) is 9.54. The second kappa shape index (κ2) is 12.6. The third kappa shape index (κ3) is 5.89. The molecule has 1 heterocycles. The Hall–Kier alpha value is -2.40. The topological polar surface area (TPSA) is 69.6 Å². The lowest BCUT2D eigenvalue weighted by atomic mass is 9.93. The molecule has 2 aromatic rings. The first-order valence-corrected chi connectivity index (χ1v) is 12.5. The number of hydrogen-bond acceptors (Lipinski definition) is 4. The molecule has 0 unspecified atom stereocenters. The average molecular weight is 439 g/mol. The number of unbranched alkanes of at least 4 members (excludes halogenated alkanes) is 9. The molecule has 0 aliphatic carbocycles. The molecule has 0 fully saturated rings. The number of anilines is 1. The van der Waals surface area contributed by atoms with Crippen LogP contribution in [0.2, 0.25) is 0 Å². The van der Waals surface area contributed by atoms with Crippen LogP contribution >= 0.6 is 0 Å². The number of carbonyl (C=O) groups excluding carboxylic acids is 2. The number of hydrogen-bond donors (Lipinski definition) is 2. The molecule has 2 N–H and O–H groups in total. The SMILES string of the molecule is CCCCCCCCCCCCNc1ccc2c3c(cccc13)C(=O)N(CCCO)C2=O. The predicted octanol–water partition coefficient (Wildman–Crippen LogP) is 6.15. The summed E-state index contributed by atoms with van der Waals surface area (Å²) in [6.45, 7) is 3.34. The van der Waals surface area contributed by atoms with Gasteiger partial charge in [0.1, 0.15) is 0 Å². The molecule has 174 valence electrons. The van der Waals surface area contributed by atoms with Crippen molar-refractivity contribution in [2.75, 3.05) is 25.0 Å². The molecule has 2 amide bonds. The van der Waals surface area contributed by atoms with Gasteiger partial charge in [0, 0.05) is 47.3 Å². The number of rotatable bonds is 15. The smallest absolute Gasteiger partial charge is 0.261 e. The van der Waals surface area contributed by atoms with Crippen molar-refractivity contribution in [1.82, 2.24) is 4.90 Å². The van der Waals surface area contributed by atoms with Gasteiger partial charge in [0.05, 0.1) is 0 Å². The van der Waals surface area contributed by atoms with Gasteiger partial charge >= 0.3 is 0 Å². The van der Waals surface area contributed by atoms with Crippen molar-refractivity contribution in [3.63, 3.8) is 0 Å². The largest absolute Gasteiger partial charge is 0.396 e. The van der Waals surface area contributed by atoms with Crippen molar-refractivity contribution < 1.29 is 14.7 Å². The van der Waals surface area contributed by atoms with Gasteiger partial charge in [-0.05, 0) is 31.0 Å². The number of amides is 2. The van der Waals surface area contributed by atoms with E-state index in [0.29, 0.717) is 17.5 Å². The first-order valence-electron chi connectivity index (χ1n) is 12.5. The summed E-state index contributed by atoms with van der Waals surface area (Å²) in [6.07, 6.45) is 13.5. The zero-order valence-electron chi connectivity index (χ0n) is 19.5. The molecule has 0 radical (unpaired) electrons. The molecule has 1 aliphatic rings. The number of benzene rings is 2. The zero-order valence-corrected chi connectivity index (χ0v) is 19.5. The van der Waals surface area contributed by atoms with Crippen LogP contribution < -0.4 is 5.32 Å². The van der Waals surface area contributed by atoms with E-state index < -0.39 is 0 Å². The lowest BCUT2D eigenvalue weighted by Crippen LogP contribution is -2.41. The van der Waals surface area contributed by atoms with E-state index in [4.69, 9.17) is 5.11 Å². The molecule has 3 rings (SSSR count). The summed E-state index contributed by atoms with van der Waals surface area (Å²) in [4.78, 5) is 27.0. The van der Waals surface area contributed by atoms with Crippen molar-refractivity contribution in [2.45, 2.75) is 77.6 Å². The predicted molar refractivity (Wildman–Crippen MR) is 131 cm³/mol. The normalized spacial score (nSPS) is 13.2. The number of carbonyl (C=O) groups is 2. The maximum absolute atomic E-state index is 12.9. The fourth-order valence-corrected chi connectivity index (χ4v) is 4.57. The van der Waals surface area contributed by atoms with Gasteiger partial charge in [-0.2, -0.15) is 0 Å². The van der Waals surface area contributed by atoms with Crippen molar-refractivity contribution >= 4 is 28.3 Å². The van der Waals surface area contributed by atoms with Crippen LogP contribution in [0.4, 0.5) is 5.69 Å². The Morgan fingerprint density at radius 3 is 2.06 bits per heavy atom.